The topological polar surface area (TPSA) is 62.8 Å². The maximum atomic E-state index is 12.1. The molecule has 0 fully saturated rings. The normalized spacial score (nSPS) is 15.9. The number of hydrogen-bond donors (Lipinski definition) is 1. The highest BCUT2D eigenvalue weighted by Gasteiger charge is 2.26. The first-order valence-electron chi connectivity index (χ1n) is 9.85. The molecule has 0 spiro atoms. The molecule has 3 aromatic carbocycles. The van der Waals surface area contributed by atoms with E-state index < -0.39 is 5.63 Å². The number of aliphatic imine (C=N–C) groups is 1. The number of benzene rings is 3. The molecule has 6 heteroatoms. The summed E-state index contributed by atoms with van der Waals surface area (Å²) in [6, 6.07) is 20.6. The van der Waals surface area contributed by atoms with E-state index in [9.17, 15) is 9.90 Å². The fourth-order valence-corrected chi connectivity index (χ4v) is 5.41. The van der Waals surface area contributed by atoms with Gasteiger partial charge in [-0.1, -0.05) is 41.9 Å². The number of rotatable bonds is 2. The van der Waals surface area contributed by atoms with Crippen LogP contribution < -0.4 is 5.63 Å². The van der Waals surface area contributed by atoms with Crippen molar-refractivity contribution in [2.75, 3.05) is 0 Å². The number of phenolic OH excluding ortho intramolecular Hbond substituents is 1. The monoisotopic (exact) mass is 447 g/mol. The number of phenols is 1. The van der Waals surface area contributed by atoms with Gasteiger partial charge in [0.15, 0.2) is 5.58 Å². The first-order chi connectivity index (χ1) is 15.0. The standard InChI is InChI=1S/C25H18ClNO3S/c1-14-11-23(29)30-25-17(14)8-10-20(28)24(25)19-13-21(15-5-3-2-4-6-15)31-22-12-16(26)7-9-18(22)27-19/h2-12,21,28H,13H2,1H3. The van der Waals surface area contributed by atoms with Crippen LogP contribution in [-0.4, -0.2) is 10.8 Å². The SMILES string of the molecule is Cc1cc(=O)oc2c(C3=Nc4ccc(Cl)cc4SC(c4ccccc4)C3)c(O)ccc12. The summed E-state index contributed by atoms with van der Waals surface area (Å²) in [5, 5.41) is 12.3. The van der Waals surface area contributed by atoms with Crippen molar-refractivity contribution in [2.45, 2.75) is 23.5 Å². The summed E-state index contributed by atoms with van der Waals surface area (Å²) in [6.07, 6.45) is 0.547. The van der Waals surface area contributed by atoms with Gasteiger partial charge in [0.2, 0.25) is 0 Å². The molecule has 31 heavy (non-hydrogen) atoms. The van der Waals surface area contributed by atoms with Crippen LogP contribution in [-0.2, 0) is 0 Å². The molecule has 1 unspecified atom stereocenters. The van der Waals surface area contributed by atoms with Crippen LogP contribution in [0, 0.1) is 6.92 Å². The molecule has 1 atom stereocenters. The molecule has 1 aromatic heterocycles. The summed E-state index contributed by atoms with van der Waals surface area (Å²) in [4.78, 5) is 18.0. The van der Waals surface area contributed by atoms with Gasteiger partial charge in [-0.05, 0) is 48.4 Å². The Morgan fingerprint density at radius 3 is 2.71 bits per heavy atom. The molecular weight excluding hydrogens is 430 g/mol. The van der Waals surface area contributed by atoms with E-state index in [1.807, 2.05) is 37.3 Å². The Bertz CT molecular complexity index is 1400. The van der Waals surface area contributed by atoms with E-state index in [1.165, 1.54) is 6.07 Å². The van der Waals surface area contributed by atoms with Crippen molar-refractivity contribution in [1.82, 2.24) is 0 Å². The lowest BCUT2D eigenvalue weighted by atomic mass is 9.97. The van der Waals surface area contributed by atoms with Crippen molar-refractivity contribution in [2.24, 2.45) is 4.99 Å². The summed E-state index contributed by atoms with van der Waals surface area (Å²) in [5.74, 6) is 0.0363. The summed E-state index contributed by atoms with van der Waals surface area (Å²) in [7, 11) is 0. The number of aryl methyl sites for hydroxylation is 1. The molecule has 154 valence electrons. The molecule has 0 aliphatic carbocycles. The van der Waals surface area contributed by atoms with Crippen LogP contribution in [0.2, 0.25) is 5.02 Å². The minimum atomic E-state index is -0.452. The van der Waals surface area contributed by atoms with Gasteiger partial charge in [-0.15, -0.1) is 11.8 Å². The second kappa shape index (κ2) is 7.91. The molecule has 1 aliphatic heterocycles. The third kappa shape index (κ3) is 3.75. The summed E-state index contributed by atoms with van der Waals surface area (Å²) >= 11 is 7.95. The number of aromatic hydroxyl groups is 1. The average molecular weight is 448 g/mol. The summed E-state index contributed by atoms with van der Waals surface area (Å²) < 4.78 is 5.57. The van der Waals surface area contributed by atoms with Crippen LogP contribution in [0.5, 0.6) is 5.75 Å². The van der Waals surface area contributed by atoms with E-state index in [0.717, 1.165) is 27.1 Å². The van der Waals surface area contributed by atoms with E-state index in [-0.39, 0.29) is 11.0 Å². The Labute approximate surface area is 188 Å². The van der Waals surface area contributed by atoms with Crippen LogP contribution in [0.1, 0.15) is 28.4 Å². The second-order valence-corrected chi connectivity index (χ2v) is 9.16. The fourth-order valence-electron chi connectivity index (χ4n) is 3.90. The molecule has 0 saturated carbocycles. The Kier molecular flexibility index (Phi) is 5.08. The third-order valence-corrected chi connectivity index (χ3v) is 6.92. The van der Waals surface area contributed by atoms with Gasteiger partial charge in [-0.2, -0.15) is 0 Å². The zero-order valence-corrected chi connectivity index (χ0v) is 18.2. The lowest BCUT2D eigenvalue weighted by Crippen LogP contribution is -2.08. The zero-order valence-electron chi connectivity index (χ0n) is 16.6. The van der Waals surface area contributed by atoms with Gasteiger partial charge in [0.1, 0.15) is 5.75 Å². The molecule has 5 rings (SSSR count). The van der Waals surface area contributed by atoms with Gasteiger partial charge in [-0.3, -0.25) is 4.99 Å². The molecular formula is C25H18ClNO3S. The van der Waals surface area contributed by atoms with Gasteiger partial charge in [-0.25, -0.2) is 4.79 Å². The number of nitrogens with zero attached hydrogens (tertiary/aromatic N) is 1. The fraction of sp³-hybridized carbons (Fsp3) is 0.120. The predicted molar refractivity (Wildman–Crippen MR) is 126 cm³/mol. The number of fused-ring (bicyclic) bond motifs is 2. The van der Waals surface area contributed by atoms with Crippen LogP contribution in [0.4, 0.5) is 5.69 Å². The zero-order chi connectivity index (χ0) is 21.5. The van der Waals surface area contributed by atoms with Gasteiger partial charge >= 0.3 is 5.63 Å². The van der Waals surface area contributed by atoms with Crippen molar-refractivity contribution in [3.05, 3.63) is 98.9 Å². The first-order valence-corrected chi connectivity index (χ1v) is 11.1. The number of halogens is 1. The van der Waals surface area contributed by atoms with Crippen molar-refractivity contribution in [3.8, 4) is 5.75 Å². The third-order valence-electron chi connectivity index (χ3n) is 5.38. The van der Waals surface area contributed by atoms with Crippen molar-refractivity contribution in [3.63, 3.8) is 0 Å². The van der Waals surface area contributed by atoms with E-state index in [2.05, 4.69) is 12.1 Å². The van der Waals surface area contributed by atoms with E-state index >= 15 is 0 Å². The molecule has 0 saturated heterocycles. The Morgan fingerprint density at radius 2 is 1.90 bits per heavy atom. The van der Waals surface area contributed by atoms with Crippen LogP contribution in [0.25, 0.3) is 11.0 Å². The molecule has 1 N–H and O–H groups in total. The summed E-state index contributed by atoms with van der Waals surface area (Å²) in [6.45, 7) is 1.86. The highest BCUT2D eigenvalue weighted by atomic mass is 35.5. The van der Waals surface area contributed by atoms with Gasteiger partial charge in [0.25, 0.3) is 0 Å². The van der Waals surface area contributed by atoms with Crippen LogP contribution in [0.3, 0.4) is 0 Å². The smallest absolute Gasteiger partial charge is 0.336 e. The van der Waals surface area contributed by atoms with Gasteiger partial charge in [0, 0.05) is 33.0 Å². The lowest BCUT2D eigenvalue weighted by Gasteiger charge is -2.17. The quantitative estimate of drug-likeness (QED) is 0.342. The van der Waals surface area contributed by atoms with Crippen molar-refractivity contribution in [1.29, 1.82) is 0 Å². The minimum Gasteiger partial charge on any atom is -0.507 e. The van der Waals surface area contributed by atoms with Gasteiger partial charge < -0.3 is 9.52 Å². The molecule has 2 heterocycles. The van der Waals surface area contributed by atoms with Crippen LogP contribution in [0.15, 0.2) is 85.8 Å². The Morgan fingerprint density at radius 1 is 1.10 bits per heavy atom. The molecule has 1 aliphatic rings. The molecule has 4 nitrogen and oxygen atoms in total. The lowest BCUT2D eigenvalue weighted by molar-refractivity contribution is 0.471. The number of thioether (sulfide) groups is 1. The van der Waals surface area contributed by atoms with E-state index in [4.69, 9.17) is 21.0 Å². The highest BCUT2D eigenvalue weighted by molar-refractivity contribution is 7.99. The van der Waals surface area contributed by atoms with Crippen LogP contribution >= 0.6 is 23.4 Å². The molecule has 0 bridgehead atoms. The minimum absolute atomic E-state index is 0.0363. The van der Waals surface area contributed by atoms with Crippen molar-refractivity contribution < 1.29 is 9.52 Å². The largest absolute Gasteiger partial charge is 0.507 e. The Hall–Kier alpha value is -3.02. The average Bonchev–Trinajstić information content (AvgIpc) is 2.93. The molecule has 4 aromatic rings. The number of hydrogen-bond acceptors (Lipinski definition) is 5. The molecule has 0 radical (unpaired) electrons. The van der Waals surface area contributed by atoms with E-state index in [1.54, 1.807) is 30.0 Å². The van der Waals surface area contributed by atoms with E-state index in [0.29, 0.717) is 28.3 Å². The first kappa shape index (κ1) is 19.9. The Balaban J connectivity index is 1.77. The van der Waals surface area contributed by atoms with Gasteiger partial charge in [0.05, 0.1) is 17.0 Å². The summed E-state index contributed by atoms with van der Waals surface area (Å²) in [5.41, 5.74) is 3.75. The maximum absolute atomic E-state index is 12.1. The second-order valence-electron chi connectivity index (χ2n) is 7.48. The van der Waals surface area contributed by atoms with Crippen molar-refractivity contribution >= 4 is 45.7 Å². The highest BCUT2D eigenvalue weighted by Crippen LogP contribution is 2.47. The predicted octanol–water partition coefficient (Wildman–Crippen LogP) is 6.82. The maximum Gasteiger partial charge on any atom is 0.336 e. The molecule has 0 amide bonds.